The molecule has 3 rings (SSSR count). The Bertz CT molecular complexity index is 763. The Labute approximate surface area is 152 Å². The molecular weight excluding hydrogens is 336 g/mol. The van der Waals surface area contributed by atoms with E-state index in [2.05, 4.69) is 4.90 Å². The van der Waals surface area contributed by atoms with Gasteiger partial charge in [0.05, 0.1) is 31.9 Å². The molecule has 7 nitrogen and oxygen atoms in total. The van der Waals surface area contributed by atoms with Crippen LogP contribution in [0.2, 0.25) is 0 Å². The molecular formula is C19H22N2O5. The lowest BCUT2D eigenvalue weighted by atomic mass is 10.1. The SMILES string of the molecule is COc1ccc(CN2CCO[C@H](c3ccc([N+](=O)[O-])cc3)C2)c(OC)c1. The van der Waals surface area contributed by atoms with Gasteiger partial charge in [-0.3, -0.25) is 15.0 Å². The van der Waals surface area contributed by atoms with Crippen LogP contribution in [-0.4, -0.2) is 43.7 Å². The van der Waals surface area contributed by atoms with Gasteiger partial charge in [-0.05, 0) is 23.8 Å². The smallest absolute Gasteiger partial charge is 0.269 e. The van der Waals surface area contributed by atoms with Gasteiger partial charge in [-0.2, -0.15) is 0 Å². The average Bonchev–Trinajstić information content (AvgIpc) is 2.68. The maximum Gasteiger partial charge on any atom is 0.269 e. The fourth-order valence-corrected chi connectivity index (χ4v) is 3.08. The van der Waals surface area contributed by atoms with Gasteiger partial charge in [0.25, 0.3) is 5.69 Å². The Kier molecular flexibility index (Phi) is 5.70. The Morgan fingerprint density at radius 2 is 1.96 bits per heavy atom. The van der Waals surface area contributed by atoms with Gasteiger partial charge < -0.3 is 14.2 Å². The fourth-order valence-electron chi connectivity index (χ4n) is 3.08. The van der Waals surface area contributed by atoms with Crippen molar-refractivity contribution in [1.29, 1.82) is 0 Å². The molecule has 26 heavy (non-hydrogen) atoms. The Hall–Kier alpha value is -2.64. The highest BCUT2D eigenvalue weighted by molar-refractivity contribution is 5.40. The second-order valence-electron chi connectivity index (χ2n) is 6.12. The molecule has 0 spiro atoms. The van der Waals surface area contributed by atoms with Crippen molar-refractivity contribution in [3.05, 3.63) is 63.7 Å². The molecule has 0 aliphatic carbocycles. The zero-order valence-electron chi connectivity index (χ0n) is 14.9. The summed E-state index contributed by atoms with van der Waals surface area (Å²) in [6.45, 7) is 2.88. The van der Waals surface area contributed by atoms with Crippen LogP contribution in [0, 0.1) is 10.1 Å². The lowest BCUT2D eigenvalue weighted by Gasteiger charge is -2.33. The second kappa shape index (κ2) is 8.16. The lowest BCUT2D eigenvalue weighted by molar-refractivity contribution is -0.384. The predicted molar refractivity (Wildman–Crippen MR) is 96.6 cm³/mol. The number of morpholine rings is 1. The summed E-state index contributed by atoms with van der Waals surface area (Å²) in [5.41, 5.74) is 2.11. The van der Waals surface area contributed by atoms with Gasteiger partial charge in [-0.25, -0.2) is 0 Å². The third-order valence-corrected chi connectivity index (χ3v) is 4.51. The quantitative estimate of drug-likeness (QED) is 0.583. The van der Waals surface area contributed by atoms with Crippen molar-refractivity contribution < 1.29 is 19.1 Å². The number of ether oxygens (including phenoxy) is 3. The van der Waals surface area contributed by atoms with Crippen LogP contribution in [0.15, 0.2) is 42.5 Å². The molecule has 0 radical (unpaired) electrons. The van der Waals surface area contributed by atoms with Crippen molar-refractivity contribution >= 4 is 5.69 Å². The van der Waals surface area contributed by atoms with Crippen molar-refractivity contribution in [2.75, 3.05) is 33.9 Å². The summed E-state index contributed by atoms with van der Waals surface area (Å²) in [7, 11) is 3.28. The van der Waals surface area contributed by atoms with Gasteiger partial charge in [0, 0.05) is 43.4 Å². The monoisotopic (exact) mass is 358 g/mol. The topological polar surface area (TPSA) is 74.1 Å². The molecule has 1 saturated heterocycles. The number of hydrogen-bond donors (Lipinski definition) is 0. The average molecular weight is 358 g/mol. The van der Waals surface area contributed by atoms with E-state index in [-0.39, 0.29) is 11.8 Å². The van der Waals surface area contributed by atoms with Gasteiger partial charge >= 0.3 is 0 Å². The van der Waals surface area contributed by atoms with E-state index in [0.717, 1.165) is 35.7 Å². The number of nitrogens with zero attached hydrogens (tertiary/aromatic N) is 2. The number of nitro benzene ring substituents is 1. The van der Waals surface area contributed by atoms with Crippen LogP contribution < -0.4 is 9.47 Å². The molecule has 1 fully saturated rings. The zero-order valence-corrected chi connectivity index (χ0v) is 14.9. The third kappa shape index (κ3) is 4.12. The van der Waals surface area contributed by atoms with Gasteiger partial charge in [0.2, 0.25) is 0 Å². The van der Waals surface area contributed by atoms with Crippen molar-refractivity contribution in [1.82, 2.24) is 4.90 Å². The second-order valence-corrected chi connectivity index (χ2v) is 6.12. The third-order valence-electron chi connectivity index (χ3n) is 4.51. The largest absolute Gasteiger partial charge is 0.497 e. The van der Waals surface area contributed by atoms with Crippen molar-refractivity contribution in [2.45, 2.75) is 12.6 Å². The highest BCUT2D eigenvalue weighted by Gasteiger charge is 2.23. The van der Waals surface area contributed by atoms with Crippen LogP contribution in [-0.2, 0) is 11.3 Å². The molecule has 0 aromatic heterocycles. The van der Waals surface area contributed by atoms with E-state index in [4.69, 9.17) is 14.2 Å². The van der Waals surface area contributed by atoms with Gasteiger partial charge in [-0.1, -0.05) is 6.07 Å². The fraction of sp³-hybridized carbons (Fsp3) is 0.368. The highest BCUT2D eigenvalue weighted by Crippen LogP contribution is 2.29. The number of nitro groups is 1. The number of benzene rings is 2. The summed E-state index contributed by atoms with van der Waals surface area (Å²) >= 11 is 0. The van der Waals surface area contributed by atoms with Gasteiger partial charge in [0.15, 0.2) is 0 Å². The molecule has 2 aromatic carbocycles. The first kappa shape index (κ1) is 18.2. The Morgan fingerprint density at radius 3 is 2.62 bits per heavy atom. The van der Waals surface area contributed by atoms with E-state index < -0.39 is 4.92 Å². The van der Waals surface area contributed by atoms with Crippen LogP contribution in [0.1, 0.15) is 17.2 Å². The van der Waals surface area contributed by atoms with Gasteiger partial charge in [0.1, 0.15) is 11.5 Å². The van der Waals surface area contributed by atoms with Crippen molar-refractivity contribution in [2.24, 2.45) is 0 Å². The van der Waals surface area contributed by atoms with E-state index >= 15 is 0 Å². The summed E-state index contributed by atoms with van der Waals surface area (Å²) in [6.07, 6.45) is -0.103. The molecule has 0 bridgehead atoms. The minimum atomic E-state index is -0.395. The highest BCUT2D eigenvalue weighted by atomic mass is 16.6. The maximum atomic E-state index is 10.8. The minimum absolute atomic E-state index is 0.0874. The number of methoxy groups -OCH3 is 2. The summed E-state index contributed by atoms with van der Waals surface area (Å²) in [6, 6.07) is 12.4. The molecule has 138 valence electrons. The molecule has 7 heteroatoms. The summed E-state index contributed by atoms with van der Waals surface area (Å²) in [5.74, 6) is 1.55. The molecule has 1 heterocycles. The Balaban J connectivity index is 1.69. The molecule has 2 aromatic rings. The molecule has 0 N–H and O–H groups in total. The predicted octanol–water partition coefficient (Wildman–Crippen LogP) is 3.19. The lowest BCUT2D eigenvalue weighted by Crippen LogP contribution is -2.37. The van der Waals surface area contributed by atoms with Crippen LogP contribution in [0.5, 0.6) is 11.5 Å². The zero-order chi connectivity index (χ0) is 18.5. The van der Waals surface area contributed by atoms with Crippen LogP contribution in [0.25, 0.3) is 0 Å². The first-order chi connectivity index (χ1) is 12.6. The molecule has 0 unspecified atom stereocenters. The number of non-ortho nitro benzene ring substituents is 1. The first-order valence-corrected chi connectivity index (χ1v) is 8.40. The summed E-state index contributed by atoms with van der Waals surface area (Å²) < 4.78 is 16.6. The number of hydrogen-bond acceptors (Lipinski definition) is 6. The molecule has 1 aliphatic rings. The molecule has 1 atom stereocenters. The Morgan fingerprint density at radius 1 is 1.19 bits per heavy atom. The standard InChI is InChI=1S/C19H22N2O5/c1-24-17-8-5-15(18(11-17)25-2)12-20-9-10-26-19(13-20)14-3-6-16(7-4-14)21(22)23/h3-8,11,19H,9-10,12-13H2,1-2H3/t19-/m0/s1. The first-order valence-electron chi connectivity index (χ1n) is 8.40. The van der Waals surface area contributed by atoms with Crippen LogP contribution in [0.3, 0.4) is 0 Å². The molecule has 0 amide bonds. The normalized spacial score (nSPS) is 17.7. The molecule has 0 saturated carbocycles. The van der Waals surface area contributed by atoms with Gasteiger partial charge in [-0.15, -0.1) is 0 Å². The minimum Gasteiger partial charge on any atom is -0.497 e. The van der Waals surface area contributed by atoms with Crippen LogP contribution >= 0.6 is 0 Å². The summed E-state index contributed by atoms with van der Waals surface area (Å²) in [5, 5.41) is 10.8. The van der Waals surface area contributed by atoms with Crippen molar-refractivity contribution in [3.8, 4) is 11.5 Å². The summed E-state index contributed by atoms with van der Waals surface area (Å²) in [4.78, 5) is 12.7. The van der Waals surface area contributed by atoms with E-state index in [9.17, 15) is 10.1 Å². The van der Waals surface area contributed by atoms with E-state index in [0.29, 0.717) is 13.2 Å². The maximum absolute atomic E-state index is 10.8. The number of rotatable bonds is 6. The van der Waals surface area contributed by atoms with E-state index in [1.807, 2.05) is 18.2 Å². The van der Waals surface area contributed by atoms with E-state index in [1.165, 1.54) is 12.1 Å². The van der Waals surface area contributed by atoms with Crippen molar-refractivity contribution in [3.63, 3.8) is 0 Å². The molecule has 1 aliphatic heterocycles. The van der Waals surface area contributed by atoms with E-state index in [1.54, 1.807) is 26.4 Å². The van der Waals surface area contributed by atoms with Crippen LogP contribution in [0.4, 0.5) is 5.69 Å².